The van der Waals surface area contributed by atoms with Crippen molar-refractivity contribution in [2.45, 2.75) is 18.6 Å². The highest BCUT2D eigenvalue weighted by atomic mass is 35.5. The zero-order valence-corrected chi connectivity index (χ0v) is 12.2. The van der Waals surface area contributed by atoms with Gasteiger partial charge in [0.2, 0.25) is 0 Å². The van der Waals surface area contributed by atoms with E-state index in [4.69, 9.17) is 33.8 Å². The average molecular weight is 309 g/mol. The quantitative estimate of drug-likeness (QED) is 0.674. The van der Waals surface area contributed by atoms with Crippen LogP contribution in [0.2, 0.25) is 10.0 Å². The minimum Gasteiger partial charge on any atom is -0.488 e. The fourth-order valence-electron chi connectivity index (χ4n) is 2.52. The predicted octanol–water partition coefficient (Wildman–Crippen LogP) is 3.50. The highest BCUT2D eigenvalue weighted by Gasteiger charge is 2.30. The summed E-state index contributed by atoms with van der Waals surface area (Å²) in [5, 5.41) is 1.04. The van der Waals surface area contributed by atoms with Crippen LogP contribution in [0.1, 0.15) is 17.2 Å². The summed E-state index contributed by atoms with van der Waals surface area (Å²) in [5.74, 6) is 6.62. The van der Waals surface area contributed by atoms with Crippen molar-refractivity contribution < 1.29 is 4.74 Å². The summed E-state index contributed by atoms with van der Waals surface area (Å²) in [6.07, 6.45) is 0.750. The van der Waals surface area contributed by atoms with Crippen LogP contribution in [0.5, 0.6) is 5.75 Å². The highest BCUT2D eigenvalue weighted by Crippen LogP contribution is 2.35. The molecule has 0 saturated carbocycles. The van der Waals surface area contributed by atoms with E-state index in [1.54, 1.807) is 6.07 Å². The molecule has 5 heteroatoms. The number of halogens is 2. The van der Waals surface area contributed by atoms with Gasteiger partial charge in [0.15, 0.2) is 0 Å². The average Bonchev–Trinajstić information content (AvgIpc) is 2.87. The van der Waals surface area contributed by atoms with Crippen molar-refractivity contribution in [3.63, 3.8) is 0 Å². The summed E-state index contributed by atoms with van der Waals surface area (Å²) in [6.45, 7) is 0. The second kappa shape index (κ2) is 5.62. The summed E-state index contributed by atoms with van der Waals surface area (Å²) in [6, 6.07) is 13.4. The molecule has 0 aromatic heterocycles. The lowest BCUT2D eigenvalue weighted by molar-refractivity contribution is 0.179. The van der Waals surface area contributed by atoms with Gasteiger partial charge in [-0.2, -0.15) is 0 Å². The number of hydrogen-bond donors (Lipinski definition) is 2. The number of fused-ring (bicyclic) bond motifs is 1. The van der Waals surface area contributed by atoms with Gasteiger partial charge in [-0.3, -0.25) is 5.84 Å². The monoisotopic (exact) mass is 308 g/mol. The predicted molar refractivity (Wildman–Crippen MR) is 81.1 cm³/mol. The molecule has 2 aromatic rings. The van der Waals surface area contributed by atoms with Gasteiger partial charge in [0.1, 0.15) is 11.9 Å². The summed E-state index contributed by atoms with van der Waals surface area (Å²) < 4.78 is 5.97. The molecule has 0 saturated heterocycles. The smallest absolute Gasteiger partial charge is 0.124 e. The van der Waals surface area contributed by atoms with Crippen molar-refractivity contribution >= 4 is 23.2 Å². The summed E-state index contributed by atoms with van der Waals surface area (Å²) in [5.41, 5.74) is 4.97. The Labute approximate surface area is 127 Å². The van der Waals surface area contributed by atoms with Crippen LogP contribution in [-0.4, -0.2) is 6.10 Å². The van der Waals surface area contributed by atoms with Crippen LogP contribution in [-0.2, 0) is 6.42 Å². The van der Waals surface area contributed by atoms with Crippen LogP contribution >= 0.6 is 23.2 Å². The number of hydrazine groups is 1. The van der Waals surface area contributed by atoms with Crippen molar-refractivity contribution in [1.29, 1.82) is 0 Å². The van der Waals surface area contributed by atoms with Crippen molar-refractivity contribution in [3.8, 4) is 5.75 Å². The van der Waals surface area contributed by atoms with E-state index in [2.05, 4.69) is 11.5 Å². The van der Waals surface area contributed by atoms with E-state index in [1.165, 1.54) is 5.56 Å². The van der Waals surface area contributed by atoms with Gasteiger partial charge in [-0.25, -0.2) is 5.43 Å². The number of rotatable bonds is 3. The van der Waals surface area contributed by atoms with Crippen molar-refractivity contribution in [2.75, 3.05) is 0 Å². The molecule has 2 unspecified atom stereocenters. The molecule has 2 atom stereocenters. The molecule has 2 aromatic carbocycles. The molecule has 0 bridgehead atoms. The molecule has 104 valence electrons. The van der Waals surface area contributed by atoms with Gasteiger partial charge < -0.3 is 4.74 Å². The lowest BCUT2D eigenvalue weighted by Crippen LogP contribution is -2.38. The standard InChI is InChI=1S/C15H14Cl2N2O/c16-11-6-5-10(7-12(11)17)15(19-18)14-8-9-3-1-2-4-13(9)20-14/h1-7,14-15,19H,8,18H2. The summed E-state index contributed by atoms with van der Waals surface area (Å²) in [7, 11) is 0. The highest BCUT2D eigenvalue weighted by molar-refractivity contribution is 6.42. The molecule has 1 heterocycles. The normalized spacial score (nSPS) is 18.4. The van der Waals surface area contributed by atoms with Gasteiger partial charge in [-0.15, -0.1) is 0 Å². The third kappa shape index (κ3) is 2.50. The number of nitrogens with one attached hydrogen (secondary N) is 1. The molecule has 3 rings (SSSR count). The molecule has 3 N–H and O–H groups in total. The number of para-hydroxylation sites is 1. The fourth-order valence-corrected chi connectivity index (χ4v) is 2.83. The number of hydrogen-bond acceptors (Lipinski definition) is 3. The van der Waals surface area contributed by atoms with Crippen LogP contribution in [0.3, 0.4) is 0 Å². The minimum absolute atomic E-state index is 0.0605. The Morgan fingerprint density at radius 2 is 1.95 bits per heavy atom. The first-order valence-corrected chi connectivity index (χ1v) is 7.10. The van der Waals surface area contributed by atoms with E-state index in [0.29, 0.717) is 10.0 Å². The van der Waals surface area contributed by atoms with Crippen molar-refractivity contribution in [1.82, 2.24) is 5.43 Å². The lowest BCUT2D eigenvalue weighted by atomic mass is 9.98. The molecule has 0 spiro atoms. The molecular weight excluding hydrogens is 295 g/mol. The van der Waals surface area contributed by atoms with E-state index in [1.807, 2.05) is 30.3 Å². The molecule has 3 nitrogen and oxygen atoms in total. The van der Waals surface area contributed by atoms with E-state index in [-0.39, 0.29) is 12.1 Å². The maximum Gasteiger partial charge on any atom is 0.124 e. The van der Waals surface area contributed by atoms with Gasteiger partial charge in [-0.1, -0.05) is 47.5 Å². The van der Waals surface area contributed by atoms with E-state index < -0.39 is 0 Å². The molecule has 20 heavy (non-hydrogen) atoms. The molecule has 1 aliphatic heterocycles. The topological polar surface area (TPSA) is 47.3 Å². The Morgan fingerprint density at radius 1 is 1.15 bits per heavy atom. The van der Waals surface area contributed by atoms with E-state index >= 15 is 0 Å². The second-order valence-corrected chi connectivity index (χ2v) is 5.60. The first-order valence-electron chi connectivity index (χ1n) is 6.34. The number of nitrogens with two attached hydrogens (primary N) is 1. The summed E-state index contributed by atoms with van der Waals surface area (Å²) in [4.78, 5) is 0. The lowest BCUT2D eigenvalue weighted by Gasteiger charge is -2.23. The molecule has 1 aliphatic rings. The molecular formula is C15H14Cl2N2O. The Balaban J connectivity index is 1.87. The fraction of sp³-hybridized carbons (Fsp3) is 0.200. The first-order chi connectivity index (χ1) is 9.69. The third-order valence-corrected chi connectivity index (χ3v) is 4.27. The van der Waals surface area contributed by atoms with Crippen LogP contribution in [0.25, 0.3) is 0 Å². The Kier molecular flexibility index (Phi) is 3.85. The van der Waals surface area contributed by atoms with Gasteiger partial charge in [0.25, 0.3) is 0 Å². The van der Waals surface area contributed by atoms with Crippen LogP contribution in [0.15, 0.2) is 42.5 Å². The van der Waals surface area contributed by atoms with Crippen molar-refractivity contribution in [3.05, 3.63) is 63.6 Å². The van der Waals surface area contributed by atoms with Crippen LogP contribution in [0, 0.1) is 0 Å². The Bertz CT molecular complexity index is 608. The maximum atomic E-state index is 6.07. The summed E-state index contributed by atoms with van der Waals surface area (Å²) >= 11 is 12.0. The molecule has 0 radical (unpaired) electrons. The zero-order chi connectivity index (χ0) is 14.1. The van der Waals surface area contributed by atoms with Gasteiger partial charge in [0, 0.05) is 6.42 Å². The largest absolute Gasteiger partial charge is 0.488 e. The number of ether oxygens (including phenoxy) is 1. The van der Waals surface area contributed by atoms with E-state index in [0.717, 1.165) is 17.7 Å². The van der Waals surface area contributed by atoms with Crippen molar-refractivity contribution in [2.24, 2.45) is 5.84 Å². The SMILES string of the molecule is NNC(c1ccc(Cl)c(Cl)c1)C1Cc2ccccc2O1. The van der Waals surface area contributed by atoms with Gasteiger partial charge in [0.05, 0.1) is 16.1 Å². The van der Waals surface area contributed by atoms with E-state index in [9.17, 15) is 0 Å². The minimum atomic E-state index is -0.142. The molecule has 0 fully saturated rings. The molecule has 0 amide bonds. The Hall–Kier alpha value is -1.26. The van der Waals surface area contributed by atoms with Crippen LogP contribution in [0.4, 0.5) is 0 Å². The van der Waals surface area contributed by atoms with Gasteiger partial charge in [-0.05, 0) is 29.3 Å². The number of benzene rings is 2. The molecule has 0 aliphatic carbocycles. The third-order valence-electron chi connectivity index (χ3n) is 3.53. The second-order valence-electron chi connectivity index (χ2n) is 4.79. The zero-order valence-electron chi connectivity index (χ0n) is 10.6. The maximum absolute atomic E-state index is 6.07. The van der Waals surface area contributed by atoms with Gasteiger partial charge >= 0.3 is 0 Å². The van der Waals surface area contributed by atoms with Crippen LogP contribution < -0.4 is 16.0 Å². The Morgan fingerprint density at radius 3 is 2.65 bits per heavy atom. The first kappa shape index (κ1) is 13.7.